The molecule has 0 aliphatic carbocycles. The van der Waals surface area contributed by atoms with Gasteiger partial charge in [-0.3, -0.25) is 0 Å². The van der Waals surface area contributed by atoms with Gasteiger partial charge in [0.05, 0.1) is 6.26 Å². The van der Waals surface area contributed by atoms with Crippen LogP contribution in [0.4, 0.5) is 0 Å². The second-order valence-corrected chi connectivity index (χ2v) is 3.89. The molecule has 0 amide bonds. The summed E-state index contributed by atoms with van der Waals surface area (Å²) in [7, 11) is -3.14. The molecule has 0 spiro atoms. The molecule has 0 saturated heterocycles. The minimum Gasteiger partial charge on any atom is -0.241 e. The number of aryl methyl sites for hydroxylation is 1. The minimum atomic E-state index is -3.14. The first kappa shape index (κ1) is 7.27. The fourth-order valence-electron chi connectivity index (χ4n) is 0.717. The molecule has 10 heavy (non-hydrogen) atoms. The summed E-state index contributed by atoms with van der Waals surface area (Å²) in [5, 5.41) is 0. The van der Waals surface area contributed by atoms with E-state index in [2.05, 4.69) is 4.98 Å². The molecule has 0 bridgehead atoms. The molecule has 0 saturated carbocycles. The molecule has 1 heterocycles. The van der Waals surface area contributed by atoms with Crippen LogP contribution < -0.4 is 0 Å². The Balaban J connectivity index is 3.32. The first-order chi connectivity index (χ1) is 4.52. The molecule has 1 rings (SSSR count). The third-order valence-electron chi connectivity index (χ3n) is 1.14. The van der Waals surface area contributed by atoms with Gasteiger partial charge in [-0.1, -0.05) is 0 Å². The topological polar surface area (TPSA) is 52.0 Å². The van der Waals surface area contributed by atoms with Crippen LogP contribution in [0.2, 0.25) is 0 Å². The fraction of sp³-hybridized carbons (Fsp3) is 0.400. The Labute approximate surface area is 59.6 Å². The van der Waals surface area contributed by atoms with Crippen LogP contribution in [0.3, 0.4) is 0 Å². The number of hydrogen-bond acceptors (Lipinski definition) is 3. The molecule has 1 aromatic rings. The average molecular weight is 160 g/mol. The molecule has 5 heteroatoms. The maximum Gasteiger partial charge on any atom is 0.237 e. The van der Waals surface area contributed by atoms with E-state index in [0.29, 0.717) is 5.82 Å². The Morgan fingerprint density at radius 2 is 2.20 bits per heavy atom. The van der Waals surface area contributed by atoms with Crippen LogP contribution in [0.5, 0.6) is 0 Å². The van der Waals surface area contributed by atoms with Crippen molar-refractivity contribution in [3.05, 3.63) is 18.2 Å². The van der Waals surface area contributed by atoms with E-state index in [-0.39, 0.29) is 0 Å². The highest BCUT2D eigenvalue weighted by Crippen LogP contribution is 1.97. The summed E-state index contributed by atoms with van der Waals surface area (Å²) in [5.74, 6) is 0.488. The standard InChI is InChI=1S/C5H8N2O2S/c1-5-6-3-4-7(5)10(2,8)9/h3-4H,1-2H3. The number of nitrogens with zero attached hydrogens (tertiary/aromatic N) is 2. The lowest BCUT2D eigenvalue weighted by atomic mass is 10.8. The summed E-state index contributed by atoms with van der Waals surface area (Å²) in [6, 6.07) is 0. The monoisotopic (exact) mass is 160 g/mol. The Morgan fingerprint density at radius 3 is 2.40 bits per heavy atom. The third-order valence-corrected chi connectivity index (χ3v) is 2.24. The van der Waals surface area contributed by atoms with Crippen LogP contribution in [0.15, 0.2) is 12.4 Å². The van der Waals surface area contributed by atoms with Gasteiger partial charge in [-0.15, -0.1) is 0 Å². The quantitative estimate of drug-likeness (QED) is 0.581. The van der Waals surface area contributed by atoms with Gasteiger partial charge < -0.3 is 0 Å². The van der Waals surface area contributed by atoms with E-state index in [4.69, 9.17) is 0 Å². The predicted octanol–water partition coefficient (Wildman–Crippen LogP) is -0.000780. The van der Waals surface area contributed by atoms with E-state index in [1.54, 1.807) is 6.92 Å². The van der Waals surface area contributed by atoms with Gasteiger partial charge in [0.2, 0.25) is 10.0 Å². The van der Waals surface area contributed by atoms with Gasteiger partial charge in [0.15, 0.2) is 0 Å². The van der Waals surface area contributed by atoms with E-state index in [1.165, 1.54) is 12.4 Å². The minimum absolute atomic E-state index is 0.488. The highest BCUT2D eigenvalue weighted by atomic mass is 32.2. The number of rotatable bonds is 1. The first-order valence-corrected chi connectivity index (χ1v) is 4.57. The van der Waals surface area contributed by atoms with Gasteiger partial charge in [0.1, 0.15) is 5.82 Å². The van der Waals surface area contributed by atoms with Crippen molar-refractivity contribution < 1.29 is 8.42 Å². The molecule has 0 aliphatic heterocycles. The first-order valence-electron chi connectivity index (χ1n) is 2.72. The van der Waals surface area contributed by atoms with Gasteiger partial charge >= 0.3 is 0 Å². The van der Waals surface area contributed by atoms with Gasteiger partial charge in [-0.25, -0.2) is 17.4 Å². The van der Waals surface area contributed by atoms with E-state index in [1.807, 2.05) is 0 Å². The summed E-state index contributed by atoms with van der Waals surface area (Å²) < 4.78 is 22.8. The summed E-state index contributed by atoms with van der Waals surface area (Å²) in [5.41, 5.74) is 0. The summed E-state index contributed by atoms with van der Waals surface area (Å²) in [4.78, 5) is 3.77. The van der Waals surface area contributed by atoms with Crippen molar-refractivity contribution >= 4 is 10.0 Å². The lowest BCUT2D eigenvalue weighted by Gasteiger charge is -1.98. The molecular weight excluding hydrogens is 152 g/mol. The van der Waals surface area contributed by atoms with E-state index >= 15 is 0 Å². The number of aromatic nitrogens is 2. The highest BCUT2D eigenvalue weighted by molar-refractivity contribution is 7.89. The van der Waals surface area contributed by atoms with E-state index in [0.717, 1.165) is 10.2 Å². The molecule has 1 aromatic heterocycles. The van der Waals surface area contributed by atoms with Crippen molar-refractivity contribution in [2.75, 3.05) is 6.26 Å². The van der Waals surface area contributed by atoms with Gasteiger partial charge in [-0.05, 0) is 6.92 Å². The SMILES string of the molecule is Cc1nccn1S(C)(=O)=O. The van der Waals surface area contributed by atoms with Crippen LogP contribution in [0.25, 0.3) is 0 Å². The molecule has 0 N–H and O–H groups in total. The second kappa shape index (κ2) is 2.09. The Bertz CT molecular complexity index is 325. The largest absolute Gasteiger partial charge is 0.241 e. The zero-order valence-electron chi connectivity index (χ0n) is 5.77. The van der Waals surface area contributed by atoms with Gasteiger partial charge in [0.25, 0.3) is 0 Å². The van der Waals surface area contributed by atoms with Crippen LogP contribution in [-0.2, 0) is 10.0 Å². The molecule has 0 atom stereocenters. The van der Waals surface area contributed by atoms with Crippen molar-refractivity contribution in [1.82, 2.24) is 8.96 Å². The molecule has 0 fully saturated rings. The maximum absolute atomic E-state index is 10.8. The van der Waals surface area contributed by atoms with Crippen molar-refractivity contribution in [3.63, 3.8) is 0 Å². The van der Waals surface area contributed by atoms with Crippen LogP contribution in [0, 0.1) is 6.92 Å². The molecule has 4 nitrogen and oxygen atoms in total. The second-order valence-electron chi connectivity index (χ2n) is 2.03. The van der Waals surface area contributed by atoms with Crippen LogP contribution >= 0.6 is 0 Å². The fourth-order valence-corrected chi connectivity index (χ4v) is 1.52. The van der Waals surface area contributed by atoms with Crippen LogP contribution in [0.1, 0.15) is 5.82 Å². The van der Waals surface area contributed by atoms with Crippen molar-refractivity contribution in [1.29, 1.82) is 0 Å². The molecule has 0 unspecified atom stereocenters. The zero-order chi connectivity index (χ0) is 7.78. The lowest BCUT2D eigenvalue weighted by Crippen LogP contribution is -2.10. The molecule has 56 valence electrons. The Kier molecular flexibility index (Phi) is 1.52. The van der Waals surface area contributed by atoms with Crippen molar-refractivity contribution in [3.8, 4) is 0 Å². The number of hydrogen-bond donors (Lipinski definition) is 0. The molecular formula is C5H8N2O2S. The van der Waals surface area contributed by atoms with Gasteiger partial charge in [-0.2, -0.15) is 0 Å². The average Bonchev–Trinajstić information content (AvgIpc) is 2.11. The zero-order valence-corrected chi connectivity index (χ0v) is 6.59. The summed E-state index contributed by atoms with van der Waals surface area (Å²) in [6.07, 6.45) is 4.02. The molecule has 0 aromatic carbocycles. The van der Waals surface area contributed by atoms with E-state index in [9.17, 15) is 8.42 Å². The lowest BCUT2D eigenvalue weighted by molar-refractivity contribution is 0.592. The van der Waals surface area contributed by atoms with Gasteiger partial charge in [0, 0.05) is 12.4 Å². The summed E-state index contributed by atoms with van der Waals surface area (Å²) in [6.45, 7) is 1.64. The Hall–Kier alpha value is -0.840. The molecule has 0 aliphatic rings. The Morgan fingerprint density at radius 1 is 1.60 bits per heavy atom. The maximum atomic E-state index is 10.8. The normalized spacial score (nSPS) is 11.8. The third kappa shape index (κ3) is 1.18. The van der Waals surface area contributed by atoms with E-state index < -0.39 is 10.0 Å². The summed E-state index contributed by atoms with van der Waals surface area (Å²) >= 11 is 0. The van der Waals surface area contributed by atoms with Crippen molar-refractivity contribution in [2.45, 2.75) is 6.92 Å². The van der Waals surface area contributed by atoms with Crippen molar-refractivity contribution in [2.24, 2.45) is 0 Å². The smallest absolute Gasteiger partial charge is 0.237 e. The van der Waals surface area contributed by atoms with Crippen LogP contribution in [-0.4, -0.2) is 23.6 Å². The highest BCUT2D eigenvalue weighted by Gasteiger charge is 2.06. The number of imidazole rings is 1. The predicted molar refractivity (Wildman–Crippen MR) is 37.2 cm³/mol. The molecule has 0 radical (unpaired) electrons.